The molecule has 1 aromatic carbocycles. The van der Waals surface area contributed by atoms with Crippen molar-refractivity contribution in [1.82, 2.24) is 4.31 Å². The number of sulfonamides is 1. The number of ketones is 1. The van der Waals surface area contributed by atoms with Gasteiger partial charge >= 0.3 is 0 Å². The molecule has 0 spiro atoms. The molecule has 0 fully saturated rings. The highest BCUT2D eigenvalue weighted by atomic mass is 32.2. The number of hydrogen-bond acceptors (Lipinski definition) is 3. The number of unbranched alkanes of at least 4 members (excludes halogenated alkanes) is 9. The molecule has 4 nitrogen and oxygen atoms in total. The summed E-state index contributed by atoms with van der Waals surface area (Å²) in [5.41, 5.74) is 0.0600. The third-order valence-electron chi connectivity index (χ3n) is 5.52. The zero-order chi connectivity index (χ0) is 21.4. The smallest absolute Gasteiger partial charge is 0.246 e. The van der Waals surface area contributed by atoms with Crippen molar-refractivity contribution in [3.8, 4) is 0 Å². The van der Waals surface area contributed by atoms with Crippen LogP contribution in [0, 0.1) is 11.6 Å². The molecule has 1 aliphatic heterocycles. The van der Waals surface area contributed by atoms with E-state index in [0.29, 0.717) is 12.5 Å². The molecule has 29 heavy (non-hydrogen) atoms. The number of Topliss-reactive ketones (excluding diaryl/α,β-unsaturated/α-hetero) is 1. The number of nitrogens with zero attached hydrogens (tertiary/aromatic N) is 1. The van der Waals surface area contributed by atoms with Crippen LogP contribution in [0.5, 0.6) is 0 Å². The molecule has 0 aliphatic carbocycles. The summed E-state index contributed by atoms with van der Waals surface area (Å²) in [6.07, 6.45) is 11.1. The van der Waals surface area contributed by atoms with Gasteiger partial charge in [0.1, 0.15) is 22.3 Å². The first-order valence-electron chi connectivity index (χ1n) is 10.8. The fourth-order valence-electron chi connectivity index (χ4n) is 4.05. The Morgan fingerprint density at radius 1 is 0.966 bits per heavy atom. The molecule has 1 aliphatic rings. The minimum Gasteiger partial charge on any atom is -0.300 e. The van der Waals surface area contributed by atoms with Gasteiger partial charge in [-0.25, -0.2) is 17.2 Å². The fourth-order valence-corrected chi connectivity index (χ4v) is 5.98. The predicted octanol–water partition coefficient (Wildman–Crippen LogP) is 5.91. The number of fused-ring (bicyclic) bond motifs is 1. The van der Waals surface area contributed by atoms with Crippen LogP contribution in [0.25, 0.3) is 0 Å². The highest BCUT2D eigenvalue weighted by Gasteiger charge is 2.45. The Bertz CT molecular complexity index is 795. The SMILES string of the molecule is CCCCCCCCCCCCN1[C@@H](CC(C)=O)c2cc(F)cc(F)c2S1(=O)=O. The van der Waals surface area contributed by atoms with E-state index in [0.717, 1.165) is 25.3 Å². The molecule has 164 valence electrons. The van der Waals surface area contributed by atoms with Crippen LogP contribution in [0.15, 0.2) is 17.0 Å². The van der Waals surface area contributed by atoms with Crippen molar-refractivity contribution in [2.45, 2.75) is 95.4 Å². The number of halogens is 2. The lowest BCUT2D eigenvalue weighted by Gasteiger charge is -2.22. The lowest BCUT2D eigenvalue weighted by molar-refractivity contribution is -0.117. The van der Waals surface area contributed by atoms with E-state index in [1.54, 1.807) is 0 Å². The third-order valence-corrected chi connectivity index (χ3v) is 7.52. The van der Waals surface area contributed by atoms with Crippen molar-refractivity contribution in [2.75, 3.05) is 6.54 Å². The van der Waals surface area contributed by atoms with Crippen LogP contribution in [-0.2, 0) is 14.8 Å². The van der Waals surface area contributed by atoms with E-state index in [1.165, 1.54) is 49.8 Å². The largest absolute Gasteiger partial charge is 0.300 e. The Kier molecular flexibility index (Phi) is 9.21. The van der Waals surface area contributed by atoms with Gasteiger partial charge in [-0.1, -0.05) is 64.7 Å². The Labute approximate surface area is 173 Å². The van der Waals surface area contributed by atoms with Crippen molar-refractivity contribution < 1.29 is 22.0 Å². The van der Waals surface area contributed by atoms with E-state index in [9.17, 15) is 22.0 Å². The van der Waals surface area contributed by atoms with Gasteiger partial charge in [0.05, 0.1) is 6.04 Å². The molecular weight excluding hydrogens is 396 g/mol. The van der Waals surface area contributed by atoms with Crippen molar-refractivity contribution in [2.24, 2.45) is 0 Å². The highest BCUT2D eigenvalue weighted by molar-refractivity contribution is 7.89. The van der Waals surface area contributed by atoms with Crippen molar-refractivity contribution in [1.29, 1.82) is 0 Å². The van der Waals surface area contributed by atoms with Gasteiger partial charge in [0.2, 0.25) is 10.0 Å². The maximum absolute atomic E-state index is 14.2. The van der Waals surface area contributed by atoms with Gasteiger partial charge in [-0.2, -0.15) is 4.31 Å². The lowest BCUT2D eigenvalue weighted by atomic mass is 10.0. The average Bonchev–Trinajstić information content (AvgIpc) is 2.83. The first-order valence-corrected chi connectivity index (χ1v) is 12.2. The fraction of sp³-hybridized carbons (Fsp3) is 0.682. The maximum atomic E-state index is 14.2. The van der Waals surface area contributed by atoms with E-state index in [-0.39, 0.29) is 24.3 Å². The molecule has 1 atom stereocenters. The summed E-state index contributed by atoms with van der Waals surface area (Å²) >= 11 is 0. The zero-order valence-corrected chi connectivity index (χ0v) is 18.4. The second-order valence-electron chi connectivity index (χ2n) is 8.03. The topological polar surface area (TPSA) is 54.5 Å². The molecular formula is C22H33F2NO3S. The maximum Gasteiger partial charge on any atom is 0.246 e. The molecule has 0 amide bonds. The minimum absolute atomic E-state index is 0.0600. The van der Waals surface area contributed by atoms with E-state index >= 15 is 0 Å². The van der Waals surface area contributed by atoms with Crippen LogP contribution in [0.2, 0.25) is 0 Å². The zero-order valence-electron chi connectivity index (χ0n) is 17.6. The second kappa shape index (κ2) is 11.2. The molecule has 0 aromatic heterocycles. The summed E-state index contributed by atoms with van der Waals surface area (Å²) in [5, 5.41) is 0. The number of carbonyl (C=O) groups is 1. The normalized spacial score (nSPS) is 18.1. The van der Waals surface area contributed by atoms with Gasteiger partial charge in [-0.15, -0.1) is 0 Å². The van der Waals surface area contributed by atoms with Crippen LogP contribution in [0.3, 0.4) is 0 Å². The van der Waals surface area contributed by atoms with Gasteiger partial charge in [0.25, 0.3) is 0 Å². The highest BCUT2D eigenvalue weighted by Crippen LogP contribution is 2.43. The van der Waals surface area contributed by atoms with Gasteiger partial charge < -0.3 is 0 Å². The Hall–Kier alpha value is -1.34. The number of hydrogen-bond donors (Lipinski definition) is 0. The third kappa shape index (κ3) is 6.32. The summed E-state index contributed by atoms with van der Waals surface area (Å²) in [4.78, 5) is 11.2. The van der Waals surface area contributed by atoms with E-state index in [4.69, 9.17) is 0 Å². The molecule has 0 radical (unpaired) electrons. The number of benzene rings is 1. The Balaban J connectivity index is 1.92. The predicted molar refractivity (Wildman–Crippen MR) is 110 cm³/mol. The Morgan fingerprint density at radius 2 is 1.52 bits per heavy atom. The van der Waals surface area contributed by atoms with Crippen molar-refractivity contribution in [3.05, 3.63) is 29.3 Å². The van der Waals surface area contributed by atoms with E-state index in [2.05, 4.69) is 6.92 Å². The molecule has 0 bridgehead atoms. The standard InChI is InChI=1S/C22H33F2NO3S/c1-3-4-5-6-7-8-9-10-11-12-13-25-21(14-17(2)26)19-15-18(23)16-20(24)22(19)29(25,27)28/h15-16,21H,3-14H2,1-2H3/t21-/m0/s1. The first-order chi connectivity index (χ1) is 13.8. The van der Waals surface area contributed by atoms with Gasteiger partial charge in [-0.3, -0.25) is 4.79 Å². The molecule has 2 rings (SSSR count). The summed E-state index contributed by atoms with van der Waals surface area (Å²) < 4.78 is 54.8. The lowest BCUT2D eigenvalue weighted by Crippen LogP contribution is -2.30. The summed E-state index contributed by atoms with van der Waals surface area (Å²) in [6, 6.07) is 0.809. The molecule has 7 heteroatoms. The second-order valence-corrected chi connectivity index (χ2v) is 9.85. The summed E-state index contributed by atoms with van der Waals surface area (Å²) in [5.74, 6) is -2.12. The number of rotatable bonds is 13. The minimum atomic E-state index is -4.06. The quantitative estimate of drug-likeness (QED) is 0.366. The molecule has 0 saturated carbocycles. The number of carbonyl (C=O) groups excluding carboxylic acids is 1. The van der Waals surface area contributed by atoms with Crippen LogP contribution < -0.4 is 0 Å². The van der Waals surface area contributed by atoms with Crippen molar-refractivity contribution in [3.63, 3.8) is 0 Å². The molecule has 0 unspecified atom stereocenters. The molecule has 0 N–H and O–H groups in total. The summed E-state index contributed by atoms with van der Waals surface area (Å²) in [6.45, 7) is 3.77. The van der Waals surface area contributed by atoms with Gasteiger partial charge in [0.15, 0.2) is 0 Å². The van der Waals surface area contributed by atoms with E-state index in [1.807, 2.05) is 0 Å². The van der Waals surface area contributed by atoms with Gasteiger partial charge in [-0.05, 0) is 25.0 Å². The van der Waals surface area contributed by atoms with Gasteiger partial charge in [0, 0.05) is 19.0 Å². The first kappa shape index (κ1) is 23.9. The van der Waals surface area contributed by atoms with Crippen LogP contribution in [0.4, 0.5) is 8.78 Å². The molecule has 0 saturated heterocycles. The molecule has 1 heterocycles. The van der Waals surface area contributed by atoms with Crippen molar-refractivity contribution >= 4 is 15.8 Å². The van der Waals surface area contributed by atoms with Crippen LogP contribution in [-0.4, -0.2) is 25.1 Å². The van der Waals surface area contributed by atoms with Crippen LogP contribution >= 0.6 is 0 Å². The average molecular weight is 430 g/mol. The van der Waals surface area contributed by atoms with Crippen LogP contribution in [0.1, 0.15) is 96.1 Å². The summed E-state index contributed by atoms with van der Waals surface area (Å²) in [7, 11) is -4.06. The van der Waals surface area contributed by atoms with E-state index < -0.39 is 32.6 Å². The molecule has 1 aromatic rings. The monoisotopic (exact) mass is 429 g/mol. The Morgan fingerprint density at radius 3 is 2.07 bits per heavy atom.